The van der Waals surface area contributed by atoms with Crippen LogP contribution >= 0.6 is 23.1 Å². The van der Waals surface area contributed by atoms with E-state index in [0.717, 1.165) is 10.0 Å². The highest BCUT2D eigenvalue weighted by Crippen LogP contribution is 2.28. The quantitative estimate of drug-likeness (QED) is 0.620. The topological polar surface area (TPSA) is 59.1 Å². The van der Waals surface area contributed by atoms with Crippen molar-refractivity contribution in [1.29, 1.82) is 0 Å². The summed E-state index contributed by atoms with van der Waals surface area (Å²) >= 11 is 3.03. The van der Waals surface area contributed by atoms with E-state index in [1.165, 1.54) is 11.8 Å². The highest BCUT2D eigenvalue weighted by molar-refractivity contribution is 8.02. The Morgan fingerprint density at radius 2 is 1.83 bits per heavy atom. The molecule has 0 saturated carbocycles. The molecule has 1 heterocycles. The Morgan fingerprint density at radius 3 is 2.35 bits per heavy atom. The molecule has 0 aliphatic heterocycles. The van der Waals surface area contributed by atoms with Gasteiger partial charge in [0.1, 0.15) is 0 Å². The Bertz CT molecular complexity index is 693. The monoisotopic (exact) mass is 348 g/mol. The van der Waals surface area contributed by atoms with Gasteiger partial charge in [-0.15, -0.1) is 11.3 Å². The van der Waals surface area contributed by atoms with E-state index < -0.39 is 0 Å². The zero-order valence-electron chi connectivity index (χ0n) is 13.6. The van der Waals surface area contributed by atoms with Crippen LogP contribution in [0.1, 0.15) is 36.8 Å². The number of aromatic nitrogens is 1. The van der Waals surface area contributed by atoms with Crippen LogP contribution in [0.3, 0.4) is 0 Å². The van der Waals surface area contributed by atoms with Crippen LogP contribution in [-0.2, 0) is 4.79 Å². The van der Waals surface area contributed by atoms with Crippen molar-refractivity contribution >= 4 is 40.5 Å². The molecule has 2 rings (SSSR count). The molecule has 2 aromatic rings. The molecule has 0 aliphatic carbocycles. The molecule has 1 unspecified atom stereocenters. The lowest BCUT2D eigenvalue weighted by molar-refractivity contribution is -0.118. The van der Waals surface area contributed by atoms with Gasteiger partial charge in [-0.3, -0.25) is 9.59 Å². The zero-order valence-corrected chi connectivity index (χ0v) is 15.3. The third-order valence-corrected chi connectivity index (χ3v) is 5.40. The number of aryl methyl sites for hydroxylation is 1. The summed E-state index contributed by atoms with van der Waals surface area (Å²) in [6.07, 6.45) is 0. The minimum absolute atomic E-state index is 0.0351. The summed E-state index contributed by atoms with van der Waals surface area (Å²) in [5, 5.41) is 4.60. The van der Waals surface area contributed by atoms with Crippen molar-refractivity contribution in [3.63, 3.8) is 0 Å². The first kappa shape index (κ1) is 17.7. The van der Waals surface area contributed by atoms with Crippen LogP contribution in [0.2, 0.25) is 0 Å². The first-order chi connectivity index (χ1) is 10.9. The van der Waals surface area contributed by atoms with E-state index in [-0.39, 0.29) is 22.9 Å². The molecule has 0 saturated heterocycles. The number of amides is 1. The zero-order chi connectivity index (χ0) is 17.0. The summed E-state index contributed by atoms with van der Waals surface area (Å²) in [6, 6.07) is 7.03. The van der Waals surface area contributed by atoms with Gasteiger partial charge in [-0.2, -0.15) is 0 Å². The SMILES string of the molecule is Cc1csc(SC(C)C(=O)c2ccc(NC(=O)C(C)C)cc2)n1. The van der Waals surface area contributed by atoms with Gasteiger partial charge >= 0.3 is 0 Å². The summed E-state index contributed by atoms with van der Waals surface area (Å²) in [5.41, 5.74) is 2.32. The summed E-state index contributed by atoms with van der Waals surface area (Å²) < 4.78 is 0.907. The van der Waals surface area contributed by atoms with Gasteiger partial charge in [0.25, 0.3) is 0 Å². The van der Waals surface area contributed by atoms with Gasteiger partial charge in [0.2, 0.25) is 5.91 Å². The number of Topliss-reactive ketones (excluding diaryl/α,β-unsaturated/α-hetero) is 1. The van der Waals surface area contributed by atoms with E-state index in [9.17, 15) is 9.59 Å². The minimum Gasteiger partial charge on any atom is -0.326 e. The van der Waals surface area contributed by atoms with Crippen LogP contribution in [0.5, 0.6) is 0 Å². The van der Waals surface area contributed by atoms with E-state index in [4.69, 9.17) is 0 Å². The van der Waals surface area contributed by atoms with Gasteiger partial charge in [-0.25, -0.2) is 4.98 Å². The molecule has 0 aliphatic rings. The average Bonchev–Trinajstić information content (AvgIpc) is 2.92. The first-order valence-corrected chi connectivity index (χ1v) is 9.16. The van der Waals surface area contributed by atoms with Crippen molar-refractivity contribution in [1.82, 2.24) is 4.98 Å². The number of ketones is 1. The van der Waals surface area contributed by atoms with Gasteiger partial charge in [0, 0.05) is 28.2 Å². The molecular weight excluding hydrogens is 328 g/mol. The maximum Gasteiger partial charge on any atom is 0.226 e. The molecule has 1 amide bonds. The number of anilines is 1. The molecule has 23 heavy (non-hydrogen) atoms. The molecule has 0 spiro atoms. The van der Waals surface area contributed by atoms with Gasteiger partial charge in [0.05, 0.1) is 5.25 Å². The van der Waals surface area contributed by atoms with E-state index in [0.29, 0.717) is 11.3 Å². The lowest BCUT2D eigenvalue weighted by atomic mass is 10.1. The van der Waals surface area contributed by atoms with Crippen LogP contribution < -0.4 is 5.32 Å². The van der Waals surface area contributed by atoms with Crippen LogP contribution in [0.4, 0.5) is 5.69 Å². The predicted octanol–water partition coefficient (Wildman–Crippen LogP) is 4.41. The van der Waals surface area contributed by atoms with Crippen molar-refractivity contribution in [2.75, 3.05) is 5.32 Å². The van der Waals surface area contributed by atoms with Crippen molar-refractivity contribution in [3.05, 3.63) is 40.9 Å². The van der Waals surface area contributed by atoms with Crippen LogP contribution in [0.25, 0.3) is 0 Å². The number of nitrogens with zero attached hydrogens (tertiary/aromatic N) is 1. The highest BCUT2D eigenvalue weighted by Gasteiger charge is 2.18. The Balaban J connectivity index is 2.00. The van der Waals surface area contributed by atoms with Gasteiger partial charge < -0.3 is 5.32 Å². The number of nitrogens with one attached hydrogen (secondary N) is 1. The molecule has 0 fully saturated rings. The molecule has 0 radical (unpaired) electrons. The Kier molecular flexibility index (Phi) is 5.96. The maximum absolute atomic E-state index is 12.5. The predicted molar refractivity (Wildman–Crippen MR) is 96.4 cm³/mol. The lowest BCUT2D eigenvalue weighted by Gasteiger charge is -2.10. The molecular formula is C17H20N2O2S2. The summed E-state index contributed by atoms with van der Waals surface area (Å²) in [5.74, 6) is -0.0498. The van der Waals surface area contributed by atoms with E-state index in [1.54, 1.807) is 35.6 Å². The number of hydrogen-bond donors (Lipinski definition) is 1. The fraction of sp³-hybridized carbons (Fsp3) is 0.353. The second kappa shape index (κ2) is 7.75. The number of rotatable bonds is 6. The minimum atomic E-state index is -0.198. The molecule has 6 heteroatoms. The number of carbonyl (C=O) groups excluding carboxylic acids is 2. The van der Waals surface area contributed by atoms with Crippen LogP contribution in [0, 0.1) is 12.8 Å². The van der Waals surface area contributed by atoms with Crippen molar-refractivity contribution in [2.24, 2.45) is 5.92 Å². The van der Waals surface area contributed by atoms with E-state index in [2.05, 4.69) is 10.3 Å². The van der Waals surface area contributed by atoms with Gasteiger partial charge in [-0.05, 0) is 38.1 Å². The summed E-state index contributed by atoms with van der Waals surface area (Å²) in [7, 11) is 0. The van der Waals surface area contributed by atoms with Crippen LogP contribution in [0.15, 0.2) is 34.0 Å². The second-order valence-electron chi connectivity index (χ2n) is 5.60. The largest absolute Gasteiger partial charge is 0.326 e. The third-order valence-electron chi connectivity index (χ3n) is 3.21. The fourth-order valence-corrected chi connectivity index (χ4v) is 3.89. The van der Waals surface area contributed by atoms with E-state index >= 15 is 0 Å². The number of benzene rings is 1. The highest BCUT2D eigenvalue weighted by atomic mass is 32.2. The van der Waals surface area contributed by atoms with Crippen molar-refractivity contribution in [3.8, 4) is 0 Å². The molecule has 1 atom stereocenters. The molecule has 1 aromatic carbocycles. The maximum atomic E-state index is 12.5. The van der Waals surface area contributed by atoms with Crippen LogP contribution in [-0.4, -0.2) is 21.9 Å². The number of hydrogen-bond acceptors (Lipinski definition) is 5. The molecule has 4 nitrogen and oxygen atoms in total. The number of thiazole rings is 1. The average molecular weight is 348 g/mol. The lowest BCUT2D eigenvalue weighted by Crippen LogP contribution is -2.18. The van der Waals surface area contributed by atoms with Crippen molar-refractivity contribution < 1.29 is 9.59 Å². The molecule has 122 valence electrons. The smallest absolute Gasteiger partial charge is 0.226 e. The second-order valence-corrected chi connectivity index (χ2v) is 8.05. The normalized spacial score (nSPS) is 12.2. The molecule has 1 aromatic heterocycles. The first-order valence-electron chi connectivity index (χ1n) is 7.40. The molecule has 1 N–H and O–H groups in total. The van der Waals surface area contributed by atoms with Gasteiger partial charge in [0.15, 0.2) is 10.1 Å². The standard InChI is InChI=1S/C17H20N2O2S2/c1-10(2)16(21)19-14-7-5-13(6-8-14)15(20)12(4)23-17-18-11(3)9-22-17/h5-10,12H,1-4H3,(H,19,21). The van der Waals surface area contributed by atoms with Gasteiger partial charge in [-0.1, -0.05) is 25.6 Å². The Hall–Kier alpha value is -1.66. The van der Waals surface area contributed by atoms with Crippen molar-refractivity contribution in [2.45, 2.75) is 37.3 Å². The fourth-order valence-electron chi connectivity index (χ4n) is 1.83. The number of thioether (sulfide) groups is 1. The summed E-state index contributed by atoms with van der Waals surface area (Å²) in [6.45, 7) is 7.51. The Labute approximate surface area is 144 Å². The van der Waals surface area contributed by atoms with E-state index in [1.807, 2.05) is 33.1 Å². The summed E-state index contributed by atoms with van der Waals surface area (Å²) in [4.78, 5) is 28.5. The third kappa shape index (κ3) is 4.91. The molecule has 0 bridgehead atoms. The number of carbonyl (C=O) groups is 2. The Morgan fingerprint density at radius 1 is 1.17 bits per heavy atom.